The lowest BCUT2D eigenvalue weighted by molar-refractivity contribution is -0.132. The second kappa shape index (κ2) is 6.38. The molecule has 1 aliphatic heterocycles. The van der Waals surface area contributed by atoms with Gasteiger partial charge in [-0.15, -0.1) is 0 Å². The zero-order valence-electron chi connectivity index (χ0n) is 13.0. The summed E-state index contributed by atoms with van der Waals surface area (Å²) in [6, 6.07) is 12.3. The van der Waals surface area contributed by atoms with Crippen LogP contribution in [0.4, 0.5) is 4.79 Å². The minimum Gasteiger partial charge on any atom is -0.318 e. The Labute approximate surface area is 153 Å². The molecule has 6 nitrogen and oxygen atoms in total. The zero-order chi connectivity index (χ0) is 18.2. The van der Waals surface area contributed by atoms with E-state index in [9.17, 15) is 14.4 Å². The molecule has 0 bridgehead atoms. The maximum atomic E-state index is 12.7. The van der Waals surface area contributed by atoms with Crippen LogP contribution in [0.15, 0.2) is 48.5 Å². The Balaban J connectivity index is 1.85. The third-order valence-corrected chi connectivity index (χ3v) is 4.32. The number of rotatable bonds is 3. The van der Waals surface area contributed by atoms with E-state index in [4.69, 9.17) is 23.2 Å². The van der Waals surface area contributed by atoms with Gasteiger partial charge in [0.2, 0.25) is 0 Å². The number of hydrogen-bond donors (Lipinski definition) is 2. The van der Waals surface area contributed by atoms with Gasteiger partial charge >= 0.3 is 6.03 Å². The van der Waals surface area contributed by atoms with Crippen LogP contribution < -0.4 is 10.7 Å². The third kappa shape index (κ3) is 3.18. The number of hydrogen-bond acceptors (Lipinski definition) is 3. The molecule has 0 radical (unpaired) electrons. The number of urea groups is 1. The molecule has 0 saturated carbocycles. The lowest BCUT2D eigenvalue weighted by Crippen LogP contribution is -2.47. The molecule has 0 aromatic heterocycles. The van der Waals surface area contributed by atoms with Crippen LogP contribution in [0.25, 0.3) is 0 Å². The van der Waals surface area contributed by atoms with E-state index in [2.05, 4.69) is 10.7 Å². The number of nitrogens with one attached hydrogen (secondary N) is 2. The summed E-state index contributed by atoms with van der Waals surface area (Å²) in [6.45, 7) is 1.57. The Morgan fingerprint density at radius 2 is 1.68 bits per heavy atom. The summed E-state index contributed by atoms with van der Waals surface area (Å²) < 4.78 is 0. The van der Waals surface area contributed by atoms with Crippen molar-refractivity contribution in [2.24, 2.45) is 0 Å². The fourth-order valence-electron chi connectivity index (χ4n) is 2.56. The molecule has 1 aliphatic rings. The highest BCUT2D eigenvalue weighted by molar-refractivity contribution is 6.35. The molecule has 128 valence electrons. The molecule has 0 aliphatic carbocycles. The Morgan fingerprint density at radius 3 is 2.28 bits per heavy atom. The standard InChI is InChI=1S/C17H13Cl2N3O3/c1-17(11-5-3-2-4-6-11)15(24)22(16(25)20-17)21-14(23)10-7-12(18)9-13(19)8-10/h2-9H,1H3,(H,20,25)(H,21,23). The predicted octanol–water partition coefficient (Wildman–Crippen LogP) is 3.11. The second-order valence-corrected chi connectivity index (χ2v) is 6.53. The molecule has 3 rings (SSSR count). The van der Waals surface area contributed by atoms with Crippen LogP contribution in [-0.4, -0.2) is 22.9 Å². The van der Waals surface area contributed by atoms with Crippen molar-refractivity contribution in [3.8, 4) is 0 Å². The van der Waals surface area contributed by atoms with Crippen molar-refractivity contribution in [1.29, 1.82) is 0 Å². The average molecular weight is 378 g/mol. The SMILES string of the molecule is CC1(c2ccccc2)NC(=O)N(NC(=O)c2cc(Cl)cc(Cl)c2)C1=O. The van der Waals surface area contributed by atoms with Gasteiger partial charge in [0.05, 0.1) is 0 Å². The van der Waals surface area contributed by atoms with Crippen molar-refractivity contribution >= 4 is 41.0 Å². The first-order valence-corrected chi connectivity index (χ1v) is 8.06. The average Bonchev–Trinajstić information content (AvgIpc) is 2.79. The molecule has 25 heavy (non-hydrogen) atoms. The quantitative estimate of drug-likeness (QED) is 0.806. The first-order chi connectivity index (χ1) is 11.8. The van der Waals surface area contributed by atoms with Gasteiger partial charge in [0.15, 0.2) is 0 Å². The third-order valence-electron chi connectivity index (χ3n) is 3.88. The molecule has 1 saturated heterocycles. The van der Waals surface area contributed by atoms with Crippen LogP contribution in [0.3, 0.4) is 0 Å². The van der Waals surface area contributed by atoms with Crippen molar-refractivity contribution in [2.45, 2.75) is 12.5 Å². The van der Waals surface area contributed by atoms with Gasteiger partial charge < -0.3 is 5.32 Å². The van der Waals surface area contributed by atoms with E-state index in [1.54, 1.807) is 37.3 Å². The Morgan fingerprint density at radius 1 is 1.08 bits per heavy atom. The van der Waals surface area contributed by atoms with Crippen molar-refractivity contribution in [3.05, 3.63) is 69.7 Å². The number of carbonyl (C=O) groups is 3. The molecule has 0 spiro atoms. The fraction of sp³-hybridized carbons (Fsp3) is 0.118. The van der Waals surface area contributed by atoms with E-state index in [1.165, 1.54) is 18.2 Å². The van der Waals surface area contributed by atoms with Crippen LogP contribution in [0, 0.1) is 0 Å². The highest BCUT2D eigenvalue weighted by Crippen LogP contribution is 2.28. The lowest BCUT2D eigenvalue weighted by atomic mass is 9.92. The largest absolute Gasteiger partial charge is 0.344 e. The summed E-state index contributed by atoms with van der Waals surface area (Å²) in [5, 5.41) is 3.79. The summed E-state index contributed by atoms with van der Waals surface area (Å²) in [6.07, 6.45) is 0. The Kier molecular flexibility index (Phi) is 4.41. The van der Waals surface area contributed by atoms with Gasteiger partial charge in [-0.05, 0) is 30.7 Å². The van der Waals surface area contributed by atoms with E-state index in [0.29, 0.717) is 10.6 Å². The van der Waals surface area contributed by atoms with E-state index in [1.807, 2.05) is 0 Å². The molecule has 4 amide bonds. The van der Waals surface area contributed by atoms with E-state index >= 15 is 0 Å². The van der Waals surface area contributed by atoms with Gasteiger partial charge in [0.25, 0.3) is 11.8 Å². The summed E-state index contributed by atoms with van der Waals surface area (Å²) in [7, 11) is 0. The molecular weight excluding hydrogens is 365 g/mol. The van der Waals surface area contributed by atoms with E-state index in [-0.39, 0.29) is 15.6 Å². The monoisotopic (exact) mass is 377 g/mol. The highest BCUT2D eigenvalue weighted by atomic mass is 35.5. The van der Waals surface area contributed by atoms with Crippen molar-refractivity contribution in [1.82, 2.24) is 15.8 Å². The van der Waals surface area contributed by atoms with Gasteiger partial charge in [-0.2, -0.15) is 5.01 Å². The predicted molar refractivity (Wildman–Crippen MR) is 93.1 cm³/mol. The second-order valence-electron chi connectivity index (χ2n) is 5.66. The molecule has 2 N–H and O–H groups in total. The van der Waals surface area contributed by atoms with Crippen LogP contribution in [0.2, 0.25) is 10.0 Å². The molecule has 1 atom stereocenters. The smallest absolute Gasteiger partial charge is 0.318 e. The van der Waals surface area contributed by atoms with Crippen LogP contribution >= 0.6 is 23.2 Å². The number of carbonyl (C=O) groups excluding carboxylic acids is 3. The van der Waals surface area contributed by atoms with Gasteiger partial charge in [0, 0.05) is 15.6 Å². The molecule has 1 unspecified atom stereocenters. The van der Waals surface area contributed by atoms with E-state index < -0.39 is 23.4 Å². The van der Waals surface area contributed by atoms with Gasteiger partial charge in [-0.25, -0.2) is 4.79 Å². The maximum Gasteiger partial charge on any atom is 0.344 e. The number of nitrogens with zero attached hydrogens (tertiary/aromatic N) is 1. The molecule has 1 heterocycles. The van der Waals surface area contributed by atoms with Crippen LogP contribution in [-0.2, 0) is 10.3 Å². The van der Waals surface area contributed by atoms with Crippen molar-refractivity contribution in [3.63, 3.8) is 0 Å². The zero-order valence-corrected chi connectivity index (χ0v) is 14.6. The van der Waals surface area contributed by atoms with Crippen molar-refractivity contribution < 1.29 is 14.4 Å². The summed E-state index contributed by atoms with van der Waals surface area (Å²) >= 11 is 11.7. The molecule has 1 fully saturated rings. The summed E-state index contributed by atoms with van der Waals surface area (Å²) in [5.74, 6) is -1.27. The lowest BCUT2D eigenvalue weighted by Gasteiger charge is -2.22. The first-order valence-electron chi connectivity index (χ1n) is 7.30. The highest BCUT2D eigenvalue weighted by Gasteiger charge is 2.50. The molecule has 2 aromatic rings. The molecular formula is C17H13Cl2N3O3. The molecule has 8 heteroatoms. The van der Waals surface area contributed by atoms with Gasteiger partial charge in [-0.3, -0.25) is 15.0 Å². The van der Waals surface area contributed by atoms with Crippen molar-refractivity contribution in [2.75, 3.05) is 0 Å². The van der Waals surface area contributed by atoms with Crippen LogP contribution in [0.5, 0.6) is 0 Å². The minimum absolute atomic E-state index is 0.131. The topological polar surface area (TPSA) is 78.5 Å². The summed E-state index contributed by atoms with van der Waals surface area (Å²) in [5.41, 5.74) is 1.76. The number of amides is 4. The molecule has 2 aromatic carbocycles. The Bertz CT molecular complexity index is 852. The van der Waals surface area contributed by atoms with E-state index in [0.717, 1.165) is 0 Å². The summed E-state index contributed by atoms with van der Waals surface area (Å²) in [4.78, 5) is 37.3. The normalized spacial score (nSPS) is 19.7. The van der Waals surface area contributed by atoms with Gasteiger partial charge in [0.1, 0.15) is 5.54 Å². The number of benzene rings is 2. The van der Waals surface area contributed by atoms with Crippen LogP contribution in [0.1, 0.15) is 22.8 Å². The van der Waals surface area contributed by atoms with Gasteiger partial charge in [-0.1, -0.05) is 53.5 Å². The maximum absolute atomic E-state index is 12.7. The fourth-order valence-corrected chi connectivity index (χ4v) is 3.08. The first kappa shape index (κ1) is 17.3. The Hall–Kier alpha value is -2.57. The number of imide groups is 1. The number of halogens is 2. The number of hydrazine groups is 1. The minimum atomic E-state index is -1.27.